The minimum Gasteiger partial charge on any atom is -0.393 e. The van der Waals surface area contributed by atoms with Gasteiger partial charge in [0.1, 0.15) is 0 Å². The molecule has 0 bridgehead atoms. The van der Waals surface area contributed by atoms with Crippen LogP contribution in [-0.2, 0) is 9.47 Å². The zero-order valence-corrected chi connectivity index (χ0v) is 19.7. The lowest BCUT2D eigenvalue weighted by Gasteiger charge is -2.61. The smallest absolute Gasteiger partial charge is 0.171 e. The van der Waals surface area contributed by atoms with Crippen LogP contribution in [-0.4, -0.2) is 29.7 Å². The molecule has 0 aromatic rings. The Kier molecular flexibility index (Phi) is 4.58. The normalized spacial score (nSPS) is 62.5. The van der Waals surface area contributed by atoms with Crippen LogP contribution >= 0.6 is 0 Å². The van der Waals surface area contributed by atoms with Crippen molar-refractivity contribution in [3.8, 4) is 0 Å². The highest BCUT2D eigenvalue weighted by Crippen LogP contribution is 2.71. The Morgan fingerprint density at radius 2 is 1.63 bits per heavy atom. The van der Waals surface area contributed by atoms with Gasteiger partial charge in [0, 0.05) is 12.3 Å². The van der Waals surface area contributed by atoms with Gasteiger partial charge < -0.3 is 14.6 Å². The van der Waals surface area contributed by atoms with Gasteiger partial charge >= 0.3 is 0 Å². The molecule has 0 radical (unpaired) electrons. The summed E-state index contributed by atoms with van der Waals surface area (Å²) in [5.41, 5.74) is 0.899. The Hall–Kier alpha value is -0.120. The molecule has 30 heavy (non-hydrogen) atoms. The summed E-state index contributed by atoms with van der Waals surface area (Å²) in [4.78, 5) is 0. The van der Waals surface area contributed by atoms with Gasteiger partial charge in [0.05, 0.1) is 18.8 Å². The molecule has 0 aromatic heterocycles. The van der Waals surface area contributed by atoms with E-state index in [0.29, 0.717) is 34.7 Å². The molecule has 6 aliphatic rings. The second-order valence-electron chi connectivity index (χ2n) is 13.1. The van der Waals surface area contributed by atoms with Gasteiger partial charge in [-0.2, -0.15) is 0 Å². The summed E-state index contributed by atoms with van der Waals surface area (Å²) in [5.74, 6) is 4.93. The van der Waals surface area contributed by atoms with Gasteiger partial charge in [-0.3, -0.25) is 0 Å². The minimum atomic E-state index is -0.282. The van der Waals surface area contributed by atoms with Gasteiger partial charge in [0.15, 0.2) is 5.79 Å². The van der Waals surface area contributed by atoms with Crippen molar-refractivity contribution in [2.45, 2.75) is 110 Å². The molecule has 4 saturated carbocycles. The van der Waals surface area contributed by atoms with Crippen molar-refractivity contribution < 1.29 is 14.6 Å². The van der Waals surface area contributed by atoms with Crippen molar-refractivity contribution in [2.75, 3.05) is 6.61 Å². The maximum atomic E-state index is 10.3. The molecule has 3 nitrogen and oxygen atoms in total. The second-order valence-corrected chi connectivity index (χ2v) is 13.1. The van der Waals surface area contributed by atoms with E-state index in [0.717, 1.165) is 49.5 Å². The summed E-state index contributed by atoms with van der Waals surface area (Å²) >= 11 is 0. The fraction of sp³-hybridized carbons (Fsp3) is 1.00. The summed E-state index contributed by atoms with van der Waals surface area (Å²) in [5, 5.41) is 10.3. The monoisotopic (exact) mass is 416 g/mol. The number of aliphatic hydroxyl groups is 1. The first-order chi connectivity index (χ1) is 14.3. The van der Waals surface area contributed by atoms with E-state index in [1.807, 2.05) is 0 Å². The van der Waals surface area contributed by atoms with E-state index >= 15 is 0 Å². The molecule has 6 rings (SSSR count). The predicted octanol–water partition coefficient (Wildman–Crippen LogP) is 5.79. The highest BCUT2D eigenvalue weighted by molar-refractivity contribution is 5.15. The van der Waals surface area contributed by atoms with Gasteiger partial charge in [-0.25, -0.2) is 0 Å². The molecule has 170 valence electrons. The third kappa shape index (κ3) is 2.61. The fourth-order valence-corrected chi connectivity index (χ4v) is 10.3. The highest BCUT2D eigenvalue weighted by Gasteiger charge is 2.69. The topological polar surface area (TPSA) is 38.7 Å². The highest BCUT2D eigenvalue weighted by atomic mass is 16.7. The van der Waals surface area contributed by atoms with E-state index in [4.69, 9.17) is 9.47 Å². The number of ether oxygens (including phenoxy) is 2. The van der Waals surface area contributed by atoms with E-state index in [1.165, 1.54) is 44.9 Å². The molecule has 6 fully saturated rings. The largest absolute Gasteiger partial charge is 0.393 e. The van der Waals surface area contributed by atoms with Gasteiger partial charge in [-0.1, -0.05) is 27.7 Å². The lowest BCUT2D eigenvalue weighted by atomic mass is 9.44. The summed E-state index contributed by atoms with van der Waals surface area (Å²) in [6, 6.07) is 0. The van der Waals surface area contributed by atoms with E-state index < -0.39 is 0 Å². The van der Waals surface area contributed by atoms with Crippen LogP contribution in [0.2, 0.25) is 0 Å². The average Bonchev–Trinajstić information content (AvgIpc) is 3.16. The number of rotatable bonds is 0. The lowest BCUT2D eigenvalue weighted by molar-refractivity contribution is -0.273. The number of hydrogen-bond donors (Lipinski definition) is 1. The molecule has 2 aliphatic heterocycles. The van der Waals surface area contributed by atoms with Gasteiger partial charge in [-0.15, -0.1) is 0 Å². The van der Waals surface area contributed by atoms with Gasteiger partial charge in [-0.05, 0) is 104 Å². The van der Waals surface area contributed by atoms with Crippen LogP contribution in [0.3, 0.4) is 0 Å². The van der Waals surface area contributed by atoms with Crippen LogP contribution in [0, 0.1) is 52.3 Å². The van der Waals surface area contributed by atoms with Crippen LogP contribution in [0.15, 0.2) is 0 Å². The number of aliphatic hydroxyl groups excluding tert-OH is 1. The molecular formula is C27H44O3. The van der Waals surface area contributed by atoms with Crippen molar-refractivity contribution in [1.82, 2.24) is 0 Å². The first-order valence-corrected chi connectivity index (χ1v) is 13.3. The maximum absolute atomic E-state index is 10.3. The molecule has 1 spiro atoms. The zero-order chi connectivity index (χ0) is 20.9. The molecule has 0 amide bonds. The van der Waals surface area contributed by atoms with Crippen LogP contribution in [0.1, 0.15) is 91.9 Å². The summed E-state index contributed by atoms with van der Waals surface area (Å²) in [6.07, 6.45) is 12.9. The maximum Gasteiger partial charge on any atom is 0.171 e. The molecule has 12 atom stereocenters. The van der Waals surface area contributed by atoms with Crippen LogP contribution in [0.5, 0.6) is 0 Å². The third-order valence-corrected chi connectivity index (χ3v) is 11.9. The van der Waals surface area contributed by atoms with E-state index in [2.05, 4.69) is 27.7 Å². The predicted molar refractivity (Wildman–Crippen MR) is 118 cm³/mol. The Labute approximate surface area is 183 Å². The van der Waals surface area contributed by atoms with E-state index in [-0.39, 0.29) is 11.9 Å². The first kappa shape index (κ1) is 20.5. The Bertz CT molecular complexity index is 684. The molecule has 2 heterocycles. The number of hydrogen-bond acceptors (Lipinski definition) is 3. The molecular weight excluding hydrogens is 372 g/mol. The minimum absolute atomic E-state index is 0.0389. The Balaban J connectivity index is 1.26. The molecule has 1 N–H and O–H groups in total. The fourth-order valence-electron chi connectivity index (χ4n) is 10.3. The average molecular weight is 417 g/mol. The Morgan fingerprint density at radius 3 is 2.40 bits per heavy atom. The number of fused-ring (bicyclic) bond motifs is 7. The van der Waals surface area contributed by atoms with E-state index in [9.17, 15) is 5.11 Å². The standard InChI is InChI=1S/C27H44O3/c1-16-7-12-27(29-15-16)17(2)24-23(30-27)14-22-20-6-5-18-13-19(28)8-10-25(18,3)21(20)9-11-26(22,24)4/h16-24,28H,5-15H2,1-4H3/t16-,17-,18+,19-,20-,21-,22+,23+,24+,25-,26+,27+/m0/s1. The third-order valence-electron chi connectivity index (χ3n) is 11.9. The van der Waals surface area contributed by atoms with Crippen LogP contribution in [0.25, 0.3) is 0 Å². The van der Waals surface area contributed by atoms with Crippen molar-refractivity contribution in [3.63, 3.8) is 0 Å². The summed E-state index contributed by atoms with van der Waals surface area (Å²) in [6.45, 7) is 10.9. The molecule has 0 aromatic carbocycles. The van der Waals surface area contributed by atoms with Crippen molar-refractivity contribution in [2.24, 2.45) is 52.3 Å². The quantitative estimate of drug-likeness (QED) is 0.543. The first-order valence-electron chi connectivity index (χ1n) is 13.3. The van der Waals surface area contributed by atoms with Gasteiger partial charge in [0.2, 0.25) is 0 Å². The van der Waals surface area contributed by atoms with Crippen molar-refractivity contribution in [3.05, 3.63) is 0 Å². The molecule has 0 unspecified atom stereocenters. The van der Waals surface area contributed by atoms with E-state index in [1.54, 1.807) is 0 Å². The molecule has 2 saturated heterocycles. The van der Waals surface area contributed by atoms with Crippen LogP contribution < -0.4 is 0 Å². The molecule has 4 aliphatic carbocycles. The Morgan fingerprint density at radius 1 is 0.833 bits per heavy atom. The summed E-state index contributed by atoms with van der Waals surface area (Å²) in [7, 11) is 0. The van der Waals surface area contributed by atoms with Crippen molar-refractivity contribution in [1.29, 1.82) is 0 Å². The molecule has 3 heteroatoms. The van der Waals surface area contributed by atoms with Crippen molar-refractivity contribution >= 4 is 0 Å². The SMILES string of the molecule is C[C@H]1CC[C@@]2(OC1)O[C@@H]1C[C@@H]3[C@H]4CC[C@@H]5C[C@@H](O)CC[C@]5(C)[C@H]4CC[C@@]3(C)[C@@H]1[C@@H]2C. The lowest BCUT2D eigenvalue weighted by Crippen LogP contribution is -2.55. The summed E-state index contributed by atoms with van der Waals surface area (Å²) < 4.78 is 13.4. The second kappa shape index (κ2) is 6.70. The zero-order valence-electron chi connectivity index (χ0n) is 19.7. The van der Waals surface area contributed by atoms with Gasteiger partial charge in [0.25, 0.3) is 0 Å². The van der Waals surface area contributed by atoms with Crippen LogP contribution in [0.4, 0.5) is 0 Å².